The molecule has 0 unspecified atom stereocenters. The van der Waals surface area contributed by atoms with Crippen molar-refractivity contribution in [1.82, 2.24) is 4.90 Å². The standard InChI is InChI=1S/C20H20FNO5/c1-2-25-19(23)9-10-22(20(24)15-5-3-4-6-16(15)21)12-14-7-8-17-18(11-14)27-13-26-17/h3-8,11H,2,9-10,12-13H2,1H3. The Hall–Kier alpha value is -3.09. The predicted octanol–water partition coefficient (Wildman–Crippen LogP) is 3.15. The van der Waals surface area contributed by atoms with Crippen LogP contribution in [-0.2, 0) is 16.1 Å². The molecule has 3 rings (SSSR count). The fourth-order valence-electron chi connectivity index (χ4n) is 2.78. The maximum absolute atomic E-state index is 14.1. The largest absolute Gasteiger partial charge is 0.466 e. The van der Waals surface area contributed by atoms with Crippen molar-refractivity contribution in [1.29, 1.82) is 0 Å². The van der Waals surface area contributed by atoms with E-state index in [0.29, 0.717) is 11.5 Å². The zero-order chi connectivity index (χ0) is 19.2. The summed E-state index contributed by atoms with van der Waals surface area (Å²) in [7, 11) is 0. The molecule has 1 amide bonds. The van der Waals surface area contributed by atoms with E-state index in [1.165, 1.54) is 23.1 Å². The lowest BCUT2D eigenvalue weighted by atomic mass is 10.1. The summed E-state index contributed by atoms with van der Waals surface area (Å²) in [6.45, 7) is 2.44. The average molecular weight is 373 g/mol. The van der Waals surface area contributed by atoms with Gasteiger partial charge in [0.05, 0.1) is 18.6 Å². The van der Waals surface area contributed by atoms with E-state index in [9.17, 15) is 14.0 Å². The zero-order valence-corrected chi connectivity index (χ0v) is 14.9. The molecule has 0 fully saturated rings. The Morgan fingerprint density at radius 3 is 2.70 bits per heavy atom. The van der Waals surface area contributed by atoms with Gasteiger partial charge in [0.2, 0.25) is 6.79 Å². The number of hydrogen-bond donors (Lipinski definition) is 0. The first-order valence-electron chi connectivity index (χ1n) is 8.66. The van der Waals surface area contributed by atoms with Gasteiger partial charge in [-0.25, -0.2) is 4.39 Å². The molecular weight excluding hydrogens is 353 g/mol. The van der Waals surface area contributed by atoms with Gasteiger partial charge < -0.3 is 19.1 Å². The molecule has 0 aromatic heterocycles. The van der Waals surface area contributed by atoms with Crippen LogP contribution in [0.15, 0.2) is 42.5 Å². The van der Waals surface area contributed by atoms with E-state index in [0.717, 1.165) is 5.56 Å². The third-order valence-electron chi connectivity index (χ3n) is 4.09. The van der Waals surface area contributed by atoms with Crippen LogP contribution in [0, 0.1) is 5.82 Å². The predicted molar refractivity (Wildman–Crippen MR) is 95.0 cm³/mol. The van der Waals surface area contributed by atoms with E-state index in [-0.39, 0.29) is 38.5 Å². The Balaban J connectivity index is 1.79. The molecule has 7 heteroatoms. The van der Waals surface area contributed by atoms with Gasteiger partial charge in [-0.15, -0.1) is 0 Å². The number of benzene rings is 2. The molecule has 0 spiro atoms. The normalized spacial score (nSPS) is 11.9. The van der Waals surface area contributed by atoms with Gasteiger partial charge in [0.25, 0.3) is 5.91 Å². The number of ether oxygens (including phenoxy) is 3. The number of nitrogens with zero attached hydrogens (tertiary/aromatic N) is 1. The second-order valence-corrected chi connectivity index (χ2v) is 5.95. The summed E-state index contributed by atoms with van der Waals surface area (Å²) in [4.78, 5) is 26.0. The molecule has 27 heavy (non-hydrogen) atoms. The van der Waals surface area contributed by atoms with Crippen molar-refractivity contribution in [3.63, 3.8) is 0 Å². The minimum atomic E-state index is -0.602. The number of fused-ring (bicyclic) bond motifs is 1. The first kappa shape index (κ1) is 18.7. The van der Waals surface area contributed by atoms with Crippen LogP contribution in [0.1, 0.15) is 29.3 Å². The highest BCUT2D eigenvalue weighted by molar-refractivity contribution is 5.94. The van der Waals surface area contributed by atoms with Gasteiger partial charge >= 0.3 is 5.97 Å². The molecule has 0 atom stereocenters. The molecule has 1 aliphatic rings. The number of hydrogen-bond acceptors (Lipinski definition) is 5. The number of amides is 1. The van der Waals surface area contributed by atoms with Crippen LogP contribution >= 0.6 is 0 Å². The van der Waals surface area contributed by atoms with Crippen LogP contribution in [0.4, 0.5) is 4.39 Å². The van der Waals surface area contributed by atoms with Crippen LogP contribution < -0.4 is 9.47 Å². The minimum absolute atomic E-state index is 0.0264. The van der Waals surface area contributed by atoms with Crippen molar-refractivity contribution in [2.45, 2.75) is 19.9 Å². The van der Waals surface area contributed by atoms with Crippen molar-refractivity contribution >= 4 is 11.9 Å². The van der Waals surface area contributed by atoms with Gasteiger partial charge in [-0.1, -0.05) is 18.2 Å². The second-order valence-electron chi connectivity index (χ2n) is 5.95. The Labute approximate surface area is 156 Å². The molecule has 0 radical (unpaired) electrons. The van der Waals surface area contributed by atoms with Crippen LogP contribution in [0.25, 0.3) is 0 Å². The average Bonchev–Trinajstić information content (AvgIpc) is 3.13. The van der Waals surface area contributed by atoms with Gasteiger partial charge in [0.15, 0.2) is 11.5 Å². The molecule has 0 N–H and O–H groups in total. The van der Waals surface area contributed by atoms with E-state index in [1.54, 1.807) is 31.2 Å². The first-order valence-corrected chi connectivity index (χ1v) is 8.66. The van der Waals surface area contributed by atoms with Crippen LogP contribution in [-0.4, -0.2) is 36.7 Å². The maximum Gasteiger partial charge on any atom is 0.307 e. The second kappa shape index (κ2) is 8.53. The number of esters is 1. The van der Waals surface area contributed by atoms with E-state index < -0.39 is 17.7 Å². The van der Waals surface area contributed by atoms with Gasteiger partial charge in [-0.05, 0) is 36.8 Å². The molecule has 0 aliphatic carbocycles. The highest BCUT2D eigenvalue weighted by atomic mass is 19.1. The molecule has 6 nitrogen and oxygen atoms in total. The topological polar surface area (TPSA) is 65.1 Å². The quantitative estimate of drug-likeness (QED) is 0.698. The third-order valence-corrected chi connectivity index (χ3v) is 4.09. The molecule has 0 bridgehead atoms. The van der Waals surface area contributed by atoms with Gasteiger partial charge in [0, 0.05) is 13.1 Å². The summed E-state index contributed by atoms with van der Waals surface area (Å²) in [6.07, 6.45) is 0.0264. The highest BCUT2D eigenvalue weighted by Crippen LogP contribution is 2.33. The fraction of sp³-hybridized carbons (Fsp3) is 0.300. The summed E-state index contributed by atoms with van der Waals surface area (Å²) in [5, 5.41) is 0. The molecule has 0 saturated carbocycles. The third kappa shape index (κ3) is 4.55. The van der Waals surface area contributed by atoms with Crippen LogP contribution in [0.3, 0.4) is 0 Å². The Morgan fingerprint density at radius 2 is 1.93 bits per heavy atom. The molecule has 2 aromatic carbocycles. The SMILES string of the molecule is CCOC(=O)CCN(Cc1ccc2c(c1)OCO2)C(=O)c1ccccc1F. The highest BCUT2D eigenvalue weighted by Gasteiger charge is 2.22. The molecule has 0 saturated heterocycles. The van der Waals surface area contributed by atoms with Crippen molar-refractivity contribution in [3.05, 3.63) is 59.4 Å². The lowest BCUT2D eigenvalue weighted by molar-refractivity contribution is -0.143. The van der Waals surface area contributed by atoms with Gasteiger partial charge in [-0.3, -0.25) is 9.59 Å². The van der Waals surface area contributed by atoms with Crippen molar-refractivity contribution < 1.29 is 28.2 Å². The van der Waals surface area contributed by atoms with Crippen molar-refractivity contribution in [2.24, 2.45) is 0 Å². The monoisotopic (exact) mass is 373 g/mol. The fourth-order valence-corrected chi connectivity index (χ4v) is 2.78. The molecular formula is C20H20FNO5. The summed E-state index contributed by atoms with van der Waals surface area (Å²) in [5.74, 6) is -0.271. The molecule has 2 aromatic rings. The summed E-state index contributed by atoms with van der Waals surface area (Å²) in [5.41, 5.74) is 0.745. The number of halogens is 1. The number of carbonyl (C=O) groups is 2. The van der Waals surface area contributed by atoms with Crippen LogP contribution in [0.5, 0.6) is 11.5 Å². The summed E-state index contributed by atoms with van der Waals surface area (Å²) in [6, 6.07) is 11.1. The Morgan fingerprint density at radius 1 is 1.15 bits per heavy atom. The minimum Gasteiger partial charge on any atom is -0.466 e. The molecule has 1 heterocycles. The lowest BCUT2D eigenvalue weighted by Crippen LogP contribution is -2.33. The van der Waals surface area contributed by atoms with Crippen molar-refractivity contribution in [3.8, 4) is 11.5 Å². The molecule has 142 valence electrons. The maximum atomic E-state index is 14.1. The number of carbonyl (C=O) groups excluding carboxylic acids is 2. The van der Waals surface area contributed by atoms with Crippen LogP contribution in [0.2, 0.25) is 0 Å². The van der Waals surface area contributed by atoms with E-state index in [4.69, 9.17) is 14.2 Å². The molecule has 1 aliphatic heterocycles. The first-order chi connectivity index (χ1) is 13.1. The smallest absolute Gasteiger partial charge is 0.307 e. The summed E-state index contributed by atoms with van der Waals surface area (Å²) >= 11 is 0. The van der Waals surface area contributed by atoms with E-state index in [2.05, 4.69) is 0 Å². The van der Waals surface area contributed by atoms with E-state index in [1.807, 2.05) is 0 Å². The van der Waals surface area contributed by atoms with Gasteiger partial charge in [0.1, 0.15) is 5.82 Å². The van der Waals surface area contributed by atoms with Gasteiger partial charge in [-0.2, -0.15) is 0 Å². The van der Waals surface area contributed by atoms with E-state index >= 15 is 0 Å². The lowest BCUT2D eigenvalue weighted by Gasteiger charge is -2.23. The number of rotatable bonds is 7. The van der Waals surface area contributed by atoms with Crippen molar-refractivity contribution in [2.75, 3.05) is 19.9 Å². The zero-order valence-electron chi connectivity index (χ0n) is 14.9. The Kier molecular flexibility index (Phi) is 5.90. The summed E-state index contributed by atoms with van der Waals surface area (Å²) < 4.78 is 29.6. The Bertz CT molecular complexity index is 839.